The van der Waals surface area contributed by atoms with Crippen LogP contribution in [0.5, 0.6) is 0 Å². The fraction of sp³-hybridized carbons (Fsp3) is 0.167. The molecular weight excluding hydrogens is 394 g/mol. The van der Waals surface area contributed by atoms with Gasteiger partial charge in [0.25, 0.3) is 5.91 Å². The van der Waals surface area contributed by atoms with Gasteiger partial charge in [0.1, 0.15) is 0 Å². The van der Waals surface area contributed by atoms with Crippen molar-refractivity contribution >= 4 is 35.0 Å². The van der Waals surface area contributed by atoms with Crippen molar-refractivity contribution in [2.75, 3.05) is 17.2 Å². The van der Waals surface area contributed by atoms with E-state index in [0.717, 1.165) is 28.3 Å². The van der Waals surface area contributed by atoms with Crippen LogP contribution in [0, 0.1) is 0 Å². The van der Waals surface area contributed by atoms with E-state index in [-0.39, 0.29) is 18.4 Å². The lowest BCUT2D eigenvalue weighted by Gasteiger charge is -2.12. The van der Waals surface area contributed by atoms with E-state index in [1.165, 1.54) is 0 Å². The quantitative estimate of drug-likeness (QED) is 0.493. The van der Waals surface area contributed by atoms with E-state index in [4.69, 9.17) is 0 Å². The largest absolute Gasteiger partial charge is 0.375 e. The van der Waals surface area contributed by atoms with Crippen LogP contribution in [0.15, 0.2) is 88.7 Å². The van der Waals surface area contributed by atoms with Crippen LogP contribution in [0.2, 0.25) is 0 Å². The van der Waals surface area contributed by atoms with Gasteiger partial charge in [-0.15, -0.1) is 0 Å². The molecule has 0 radical (unpaired) electrons. The van der Waals surface area contributed by atoms with Crippen molar-refractivity contribution in [2.45, 2.75) is 28.7 Å². The molecule has 3 aromatic rings. The van der Waals surface area contributed by atoms with Crippen LogP contribution in [-0.4, -0.2) is 24.4 Å². The van der Waals surface area contributed by atoms with Gasteiger partial charge in [0, 0.05) is 32.8 Å². The second-order valence-electron chi connectivity index (χ2n) is 7.14. The zero-order chi connectivity index (χ0) is 20.8. The van der Waals surface area contributed by atoms with E-state index >= 15 is 0 Å². The maximum atomic E-state index is 12.4. The summed E-state index contributed by atoms with van der Waals surface area (Å²) in [6, 6.07) is 25.3. The van der Waals surface area contributed by atoms with Crippen molar-refractivity contribution in [3.05, 3.63) is 84.4 Å². The number of nitrogens with one attached hydrogen (secondary N) is 3. The lowest BCUT2D eigenvalue weighted by atomic mass is 10.2. The number of rotatable bonds is 8. The highest BCUT2D eigenvalue weighted by atomic mass is 32.2. The molecule has 30 heavy (non-hydrogen) atoms. The molecule has 0 saturated heterocycles. The topological polar surface area (TPSA) is 70.2 Å². The zero-order valence-corrected chi connectivity index (χ0v) is 17.2. The predicted octanol–water partition coefficient (Wildman–Crippen LogP) is 4.78. The van der Waals surface area contributed by atoms with Gasteiger partial charge >= 0.3 is 0 Å². The average Bonchev–Trinajstić information content (AvgIpc) is 3.58. The molecule has 0 heterocycles. The summed E-state index contributed by atoms with van der Waals surface area (Å²) in [5, 5.41) is 9.03. The minimum Gasteiger partial charge on any atom is -0.375 e. The summed E-state index contributed by atoms with van der Waals surface area (Å²) in [6.07, 6.45) is 2.08. The Morgan fingerprint density at radius 2 is 1.67 bits per heavy atom. The Labute approximate surface area is 180 Å². The number of carbonyl (C=O) groups is 2. The summed E-state index contributed by atoms with van der Waals surface area (Å²) in [7, 11) is 0. The lowest BCUT2D eigenvalue weighted by molar-refractivity contribution is -0.114. The molecule has 1 aliphatic carbocycles. The summed E-state index contributed by atoms with van der Waals surface area (Å²) in [6.45, 7) is 0.130. The molecule has 0 unspecified atom stereocenters. The summed E-state index contributed by atoms with van der Waals surface area (Å²) in [4.78, 5) is 26.8. The highest BCUT2D eigenvalue weighted by Crippen LogP contribution is 2.33. The van der Waals surface area contributed by atoms with E-state index in [1.807, 2.05) is 42.5 Å². The molecule has 2 amide bonds. The summed E-state index contributed by atoms with van der Waals surface area (Å²) < 4.78 is 0. The van der Waals surface area contributed by atoms with Gasteiger partial charge in [0.2, 0.25) is 5.91 Å². The van der Waals surface area contributed by atoms with E-state index in [2.05, 4.69) is 28.1 Å². The minimum absolute atomic E-state index is 0.0985. The molecule has 0 bridgehead atoms. The maximum Gasteiger partial charge on any atom is 0.251 e. The molecule has 5 nitrogen and oxygen atoms in total. The molecule has 1 aliphatic rings. The number of para-hydroxylation sites is 1. The van der Waals surface area contributed by atoms with Gasteiger partial charge < -0.3 is 16.0 Å². The number of anilines is 2. The number of hydrogen-bond donors (Lipinski definition) is 3. The van der Waals surface area contributed by atoms with Crippen LogP contribution in [0.25, 0.3) is 0 Å². The van der Waals surface area contributed by atoms with Gasteiger partial charge in [-0.3, -0.25) is 9.59 Å². The third-order valence-electron chi connectivity index (χ3n) is 4.62. The molecule has 152 valence electrons. The van der Waals surface area contributed by atoms with Gasteiger partial charge in [0.05, 0.1) is 6.54 Å². The van der Waals surface area contributed by atoms with Crippen LogP contribution < -0.4 is 16.0 Å². The molecular formula is C24H23N3O2S. The maximum absolute atomic E-state index is 12.4. The normalized spacial score (nSPS) is 12.8. The fourth-order valence-corrected chi connectivity index (χ4v) is 3.88. The Balaban J connectivity index is 1.35. The van der Waals surface area contributed by atoms with Crippen molar-refractivity contribution in [1.29, 1.82) is 0 Å². The second-order valence-corrected chi connectivity index (χ2v) is 8.26. The molecule has 0 aliphatic heterocycles. The Morgan fingerprint density at radius 3 is 2.47 bits per heavy atom. The van der Waals surface area contributed by atoms with E-state index < -0.39 is 0 Å². The van der Waals surface area contributed by atoms with Crippen LogP contribution in [0.1, 0.15) is 23.2 Å². The molecule has 4 rings (SSSR count). The molecule has 0 aromatic heterocycles. The molecule has 0 spiro atoms. The first-order chi connectivity index (χ1) is 14.7. The van der Waals surface area contributed by atoms with Gasteiger partial charge in [0.15, 0.2) is 0 Å². The third-order valence-corrected chi connectivity index (χ3v) is 5.70. The molecule has 3 N–H and O–H groups in total. The highest BCUT2D eigenvalue weighted by Gasteiger charge is 2.23. The van der Waals surface area contributed by atoms with Crippen molar-refractivity contribution in [3.63, 3.8) is 0 Å². The Kier molecular flexibility index (Phi) is 6.35. The third kappa shape index (κ3) is 5.64. The van der Waals surface area contributed by atoms with Crippen LogP contribution in [0.3, 0.4) is 0 Å². The zero-order valence-electron chi connectivity index (χ0n) is 16.4. The average molecular weight is 418 g/mol. The standard InChI is InChI=1S/C24H23N3O2S/c28-23(26-19-8-6-7-17(15-19)24(29)27-18-13-14-18)16-25-21-11-4-5-12-22(21)30-20-9-2-1-3-10-20/h1-12,15,18,25H,13-14,16H2,(H,26,28)(H,27,29). The Hall–Kier alpha value is -3.25. The number of amides is 2. The monoisotopic (exact) mass is 417 g/mol. The van der Waals surface area contributed by atoms with Crippen molar-refractivity contribution in [1.82, 2.24) is 5.32 Å². The summed E-state index contributed by atoms with van der Waals surface area (Å²) >= 11 is 1.65. The van der Waals surface area contributed by atoms with Crippen LogP contribution >= 0.6 is 11.8 Å². The Morgan fingerprint density at radius 1 is 0.900 bits per heavy atom. The highest BCUT2D eigenvalue weighted by molar-refractivity contribution is 7.99. The predicted molar refractivity (Wildman–Crippen MR) is 121 cm³/mol. The van der Waals surface area contributed by atoms with Crippen molar-refractivity contribution < 1.29 is 9.59 Å². The lowest BCUT2D eigenvalue weighted by Crippen LogP contribution is -2.26. The molecule has 3 aromatic carbocycles. The van der Waals surface area contributed by atoms with Gasteiger partial charge in [-0.05, 0) is 55.3 Å². The van der Waals surface area contributed by atoms with E-state index in [1.54, 1.807) is 36.0 Å². The first kappa shape index (κ1) is 20.0. The number of benzene rings is 3. The van der Waals surface area contributed by atoms with Gasteiger partial charge in [-0.1, -0.05) is 48.2 Å². The molecule has 1 fully saturated rings. The summed E-state index contributed by atoms with van der Waals surface area (Å²) in [5.41, 5.74) is 2.06. The first-order valence-electron chi connectivity index (χ1n) is 9.94. The van der Waals surface area contributed by atoms with Crippen molar-refractivity contribution in [3.8, 4) is 0 Å². The van der Waals surface area contributed by atoms with Crippen LogP contribution in [0.4, 0.5) is 11.4 Å². The van der Waals surface area contributed by atoms with E-state index in [9.17, 15) is 9.59 Å². The van der Waals surface area contributed by atoms with Gasteiger partial charge in [-0.25, -0.2) is 0 Å². The molecule has 1 saturated carbocycles. The SMILES string of the molecule is O=C(CNc1ccccc1Sc1ccccc1)Nc1cccc(C(=O)NC2CC2)c1. The second kappa shape index (κ2) is 9.50. The van der Waals surface area contributed by atoms with Crippen molar-refractivity contribution in [2.24, 2.45) is 0 Å². The van der Waals surface area contributed by atoms with Crippen LogP contribution in [-0.2, 0) is 4.79 Å². The molecule has 0 atom stereocenters. The number of hydrogen-bond acceptors (Lipinski definition) is 4. The Bertz CT molecular complexity index is 1040. The number of carbonyl (C=O) groups excluding carboxylic acids is 2. The smallest absolute Gasteiger partial charge is 0.251 e. The molecule has 6 heteroatoms. The fourth-order valence-electron chi connectivity index (χ4n) is 2.93. The van der Waals surface area contributed by atoms with Gasteiger partial charge in [-0.2, -0.15) is 0 Å². The summed E-state index contributed by atoms with van der Waals surface area (Å²) in [5.74, 6) is -0.271. The van der Waals surface area contributed by atoms with E-state index in [0.29, 0.717) is 17.3 Å². The minimum atomic E-state index is -0.172. The first-order valence-corrected chi connectivity index (χ1v) is 10.8.